The van der Waals surface area contributed by atoms with Gasteiger partial charge >= 0.3 is 0 Å². The van der Waals surface area contributed by atoms with Crippen molar-refractivity contribution in [3.05, 3.63) is 94.4 Å². The summed E-state index contributed by atoms with van der Waals surface area (Å²) >= 11 is 1.67. The Labute approximate surface area is 184 Å². The SMILES string of the molecule is O=C(c1ccccc1)N1C[C@@H]2C[C@H](C1)c1ccc(-c3cc4ccccc4s3)c(=O)n1C2. The first kappa shape index (κ1) is 18.6. The van der Waals surface area contributed by atoms with Crippen molar-refractivity contribution >= 4 is 27.3 Å². The Hall–Kier alpha value is -3.18. The molecule has 1 amide bonds. The lowest BCUT2D eigenvalue weighted by atomic mass is 9.82. The molecule has 2 aliphatic rings. The molecule has 6 rings (SSSR count). The third-order valence-electron chi connectivity index (χ3n) is 6.60. The summed E-state index contributed by atoms with van der Waals surface area (Å²) in [6, 6.07) is 24.0. The van der Waals surface area contributed by atoms with E-state index < -0.39 is 0 Å². The average Bonchev–Trinajstić information content (AvgIpc) is 3.24. The number of hydrogen-bond acceptors (Lipinski definition) is 3. The van der Waals surface area contributed by atoms with E-state index in [1.54, 1.807) is 11.3 Å². The third kappa shape index (κ3) is 3.12. The predicted octanol–water partition coefficient (Wildman–Crippen LogP) is 4.99. The van der Waals surface area contributed by atoms with Crippen LogP contribution in [0.4, 0.5) is 0 Å². The number of likely N-dealkylation sites (tertiary alicyclic amines) is 1. The Morgan fingerprint density at radius 1 is 0.903 bits per heavy atom. The maximum absolute atomic E-state index is 13.4. The fourth-order valence-electron chi connectivity index (χ4n) is 5.18. The lowest BCUT2D eigenvalue weighted by Gasteiger charge is -2.43. The van der Waals surface area contributed by atoms with Gasteiger partial charge in [-0.1, -0.05) is 36.4 Å². The first-order valence-electron chi connectivity index (χ1n) is 10.7. The second kappa shape index (κ2) is 7.20. The molecule has 0 spiro atoms. The van der Waals surface area contributed by atoms with Gasteiger partial charge < -0.3 is 9.47 Å². The van der Waals surface area contributed by atoms with Gasteiger partial charge in [-0.25, -0.2) is 0 Å². The zero-order valence-electron chi connectivity index (χ0n) is 17.0. The molecular weight excluding hydrogens is 404 g/mol. The molecule has 2 atom stereocenters. The van der Waals surface area contributed by atoms with Crippen molar-refractivity contribution in [1.29, 1.82) is 0 Å². The van der Waals surface area contributed by atoms with E-state index in [-0.39, 0.29) is 17.4 Å². The Kier molecular flexibility index (Phi) is 4.32. The highest BCUT2D eigenvalue weighted by atomic mass is 32.1. The Balaban J connectivity index is 1.34. The molecule has 2 bridgehead atoms. The van der Waals surface area contributed by atoms with Gasteiger partial charge in [0.15, 0.2) is 0 Å². The van der Waals surface area contributed by atoms with E-state index in [0.717, 1.165) is 28.1 Å². The topological polar surface area (TPSA) is 42.3 Å². The molecule has 154 valence electrons. The van der Waals surface area contributed by atoms with Crippen LogP contribution in [0.25, 0.3) is 20.5 Å². The molecule has 2 aromatic heterocycles. The Bertz CT molecular complexity index is 1320. The van der Waals surface area contributed by atoms with Gasteiger partial charge in [-0.2, -0.15) is 0 Å². The van der Waals surface area contributed by atoms with Crippen molar-refractivity contribution in [3.8, 4) is 10.4 Å². The van der Waals surface area contributed by atoms with Gasteiger partial charge in [-0.15, -0.1) is 11.3 Å². The number of nitrogens with zero attached hydrogens (tertiary/aromatic N) is 2. The highest BCUT2D eigenvalue weighted by Crippen LogP contribution is 2.37. The molecule has 2 aliphatic heterocycles. The number of carbonyl (C=O) groups is 1. The van der Waals surface area contributed by atoms with Crippen molar-refractivity contribution in [2.45, 2.75) is 18.9 Å². The number of carbonyl (C=O) groups excluding carboxylic acids is 1. The summed E-state index contributed by atoms with van der Waals surface area (Å²) in [6.45, 7) is 2.07. The van der Waals surface area contributed by atoms with Gasteiger partial charge in [0.1, 0.15) is 0 Å². The Morgan fingerprint density at radius 3 is 2.55 bits per heavy atom. The number of pyridine rings is 1. The first-order valence-corrected chi connectivity index (χ1v) is 11.6. The molecule has 0 aliphatic carbocycles. The molecule has 31 heavy (non-hydrogen) atoms. The zero-order chi connectivity index (χ0) is 20.9. The number of rotatable bonds is 2. The number of piperidine rings is 1. The number of amides is 1. The largest absolute Gasteiger partial charge is 0.338 e. The van der Waals surface area contributed by atoms with Gasteiger partial charge in [0.2, 0.25) is 0 Å². The minimum absolute atomic E-state index is 0.0907. The normalized spacial score (nSPS) is 19.9. The smallest absolute Gasteiger partial charge is 0.259 e. The van der Waals surface area contributed by atoms with Crippen molar-refractivity contribution in [2.75, 3.05) is 13.1 Å². The molecule has 0 N–H and O–H groups in total. The molecule has 5 heteroatoms. The van der Waals surface area contributed by atoms with Gasteiger partial charge in [-0.05, 0) is 54.1 Å². The summed E-state index contributed by atoms with van der Waals surface area (Å²) in [5.41, 5.74) is 2.68. The fraction of sp³-hybridized carbons (Fsp3) is 0.231. The molecule has 4 aromatic rings. The number of aromatic nitrogens is 1. The van der Waals surface area contributed by atoms with Crippen LogP contribution in [0.3, 0.4) is 0 Å². The number of fused-ring (bicyclic) bond motifs is 5. The van der Waals surface area contributed by atoms with E-state index in [9.17, 15) is 9.59 Å². The van der Waals surface area contributed by atoms with Crippen molar-refractivity contribution in [1.82, 2.24) is 9.47 Å². The summed E-state index contributed by atoms with van der Waals surface area (Å²) in [5, 5.41) is 1.18. The maximum Gasteiger partial charge on any atom is 0.259 e. The van der Waals surface area contributed by atoms with Crippen LogP contribution in [0.2, 0.25) is 0 Å². The van der Waals surface area contributed by atoms with Crippen LogP contribution in [-0.2, 0) is 6.54 Å². The maximum atomic E-state index is 13.4. The first-order chi connectivity index (χ1) is 15.2. The van der Waals surface area contributed by atoms with E-state index >= 15 is 0 Å². The summed E-state index contributed by atoms with van der Waals surface area (Å²) in [7, 11) is 0. The standard InChI is InChI=1S/C26H22N2O2S/c29-25(18-6-2-1-3-7-18)27-14-17-12-20(16-27)22-11-10-21(26(30)28(22)15-17)24-13-19-8-4-5-9-23(19)31-24/h1-11,13,17,20H,12,14-16H2/t17-,20+/m0/s1. The molecule has 0 saturated carbocycles. The van der Waals surface area contributed by atoms with E-state index in [1.165, 1.54) is 10.1 Å². The van der Waals surface area contributed by atoms with Crippen LogP contribution < -0.4 is 5.56 Å². The molecule has 1 fully saturated rings. The van der Waals surface area contributed by atoms with Crippen LogP contribution in [-0.4, -0.2) is 28.5 Å². The number of benzene rings is 2. The molecule has 0 unspecified atom stereocenters. The summed E-state index contributed by atoms with van der Waals surface area (Å²) in [4.78, 5) is 29.4. The van der Waals surface area contributed by atoms with Crippen LogP contribution in [0.5, 0.6) is 0 Å². The molecular formula is C26H22N2O2S. The third-order valence-corrected chi connectivity index (χ3v) is 7.75. The van der Waals surface area contributed by atoms with Crippen LogP contribution in [0.15, 0.2) is 77.6 Å². The molecule has 2 aromatic carbocycles. The fourth-order valence-corrected chi connectivity index (χ4v) is 6.26. The second-order valence-electron chi connectivity index (χ2n) is 8.61. The van der Waals surface area contributed by atoms with Crippen molar-refractivity contribution < 1.29 is 4.79 Å². The number of hydrogen-bond donors (Lipinski definition) is 0. The molecule has 0 radical (unpaired) electrons. The van der Waals surface area contributed by atoms with Gasteiger partial charge in [0.05, 0.1) is 5.56 Å². The van der Waals surface area contributed by atoms with E-state index in [0.29, 0.717) is 25.6 Å². The molecule has 1 saturated heterocycles. The monoisotopic (exact) mass is 426 g/mol. The number of thiophene rings is 1. The minimum atomic E-state index is 0.0907. The quantitative estimate of drug-likeness (QED) is 0.453. The van der Waals surface area contributed by atoms with Gasteiger partial charge in [-0.3, -0.25) is 9.59 Å². The van der Waals surface area contributed by atoms with Gasteiger partial charge in [0, 0.05) is 46.4 Å². The van der Waals surface area contributed by atoms with E-state index in [4.69, 9.17) is 0 Å². The van der Waals surface area contributed by atoms with E-state index in [1.807, 2.05) is 58.0 Å². The van der Waals surface area contributed by atoms with Crippen LogP contribution in [0, 0.1) is 5.92 Å². The Morgan fingerprint density at radius 2 is 1.71 bits per heavy atom. The molecule has 4 heterocycles. The predicted molar refractivity (Wildman–Crippen MR) is 125 cm³/mol. The van der Waals surface area contributed by atoms with Crippen molar-refractivity contribution in [3.63, 3.8) is 0 Å². The summed E-state index contributed by atoms with van der Waals surface area (Å²) < 4.78 is 3.18. The summed E-state index contributed by atoms with van der Waals surface area (Å²) in [5.74, 6) is 0.617. The van der Waals surface area contributed by atoms with Crippen LogP contribution in [0.1, 0.15) is 28.4 Å². The second-order valence-corrected chi connectivity index (χ2v) is 9.69. The van der Waals surface area contributed by atoms with Crippen molar-refractivity contribution in [2.24, 2.45) is 5.92 Å². The van der Waals surface area contributed by atoms with E-state index in [2.05, 4.69) is 24.3 Å². The highest BCUT2D eigenvalue weighted by molar-refractivity contribution is 7.22. The minimum Gasteiger partial charge on any atom is -0.338 e. The highest BCUT2D eigenvalue weighted by Gasteiger charge is 2.37. The lowest BCUT2D eigenvalue weighted by molar-refractivity contribution is 0.0594. The van der Waals surface area contributed by atoms with Crippen LogP contribution >= 0.6 is 11.3 Å². The zero-order valence-corrected chi connectivity index (χ0v) is 17.8. The molecule has 4 nitrogen and oxygen atoms in total. The summed E-state index contributed by atoms with van der Waals surface area (Å²) in [6.07, 6.45) is 1.04. The average molecular weight is 427 g/mol. The van der Waals surface area contributed by atoms with Gasteiger partial charge in [0.25, 0.3) is 11.5 Å². The lowest BCUT2D eigenvalue weighted by Crippen LogP contribution is -2.49.